The summed E-state index contributed by atoms with van der Waals surface area (Å²) < 4.78 is 39.3. The molecule has 2 atom stereocenters. The van der Waals surface area contributed by atoms with Crippen molar-refractivity contribution >= 4 is 40.2 Å². The van der Waals surface area contributed by atoms with Gasteiger partial charge in [-0.3, -0.25) is 24.2 Å². The van der Waals surface area contributed by atoms with E-state index in [9.17, 15) is 32.3 Å². The smallest absolute Gasteiger partial charge is 0.346 e. The summed E-state index contributed by atoms with van der Waals surface area (Å²) in [6.45, 7) is 0.229. The van der Waals surface area contributed by atoms with E-state index < -0.39 is 54.0 Å². The number of nitrogens with one attached hydrogen (secondary N) is 3. The molecule has 230 valence electrons. The zero-order valence-corrected chi connectivity index (χ0v) is 23.1. The number of pyridine rings is 1. The van der Waals surface area contributed by atoms with E-state index in [0.717, 1.165) is 29.7 Å². The summed E-state index contributed by atoms with van der Waals surface area (Å²) in [5, 5.41) is 8.11. The largest absolute Gasteiger partial charge is 0.416 e. The molecule has 1 aromatic heterocycles. The maximum atomic E-state index is 13.3. The molecule has 1 unspecified atom stereocenters. The minimum atomic E-state index is -4.60. The Balaban J connectivity index is 1.70. The zero-order valence-electron chi connectivity index (χ0n) is 23.1. The molecule has 0 saturated carbocycles. The maximum Gasteiger partial charge on any atom is 0.416 e. The van der Waals surface area contributed by atoms with Crippen molar-refractivity contribution in [2.75, 3.05) is 38.0 Å². The average Bonchev–Trinajstić information content (AvgIpc) is 2.98. The van der Waals surface area contributed by atoms with Crippen LogP contribution in [0.1, 0.15) is 23.6 Å². The third-order valence-corrected chi connectivity index (χ3v) is 6.31. The van der Waals surface area contributed by atoms with E-state index in [-0.39, 0.29) is 38.2 Å². The average molecular weight is 603 g/mol. The fraction of sp³-hybridized carbons (Fsp3) is 0.321. The fourth-order valence-electron chi connectivity index (χ4n) is 4.13. The summed E-state index contributed by atoms with van der Waals surface area (Å²) >= 11 is 0. The number of hydrogen-bond donors (Lipinski definition) is 6. The molecule has 9 N–H and O–H groups in total. The lowest BCUT2D eigenvalue weighted by Gasteiger charge is -2.23. The third-order valence-electron chi connectivity index (χ3n) is 6.31. The SMILES string of the molecule is NCCN(CCN)C(=O)C[C@H](N)C(=O)NCC(=O)NC(C(=O)Nc1ccc2ncccc2c1)c1ccc(C(F)(F)F)cc1. The first-order valence-electron chi connectivity index (χ1n) is 13.3. The first-order chi connectivity index (χ1) is 20.4. The van der Waals surface area contributed by atoms with Crippen LogP contribution in [0.5, 0.6) is 0 Å². The quantitative estimate of drug-likeness (QED) is 0.164. The number of aromatic nitrogens is 1. The van der Waals surface area contributed by atoms with Crippen LogP contribution in [0.25, 0.3) is 10.9 Å². The normalized spacial score (nSPS) is 12.7. The summed E-state index contributed by atoms with van der Waals surface area (Å²) in [5.41, 5.74) is 17.0. The Morgan fingerprint density at radius 3 is 2.23 bits per heavy atom. The topological polar surface area (TPSA) is 199 Å². The molecule has 1 heterocycles. The van der Waals surface area contributed by atoms with Crippen molar-refractivity contribution in [3.8, 4) is 0 Å². The number of rotatable bonds is 13. The van der Waals surface area contributed by atoms with Gasteiger partial charge in [-0.15, -0.1) is 0 Å². The van der Waals surface area contributed by atoms with Gasteiger partial charge < -0.3 is 38.1 Å². The van der Waals surface area contributed by atoms with E-state index in [2.05, 4.69) is 20.9 Å². The van der Waals surface area contributed by atoms with Crippen molar-refractivity contribution in [1.82, 2.24) is 20.5 Å². The van der Waals surface area contributed by atoms with E-state index in [0.29, 0.717) is 11.2 Å². The van der Waals surface area contributed by atoms with Crippen LogP contribution in [0.15, 0.2) is 60.8 Å². The number of amides is 4. The van der Waals surface area contributed by atoms with Gasteiger partial charge in [-0.1, -0.05) is 18.2 Å². The van der Waals surface area contributed by atoms with Crippen molar-refractivity contribution in [3.05, 3.63) is 71.9 Å². The monoisotopic (exact) mass is 602 g/mol. The minimum Gasteiger partial charge on any atom is -0.346 e. The summed E-state index contributed by atoms with van der Waals surface area (Å²) in [4.78, 5) is 56.5. The van der Waals surface area contributed by atoms with Gasteiger partial charge in [0.15, 0.2) is 0 Å². The van der Waals surface area contributed by atoms with Crippen LogP contribution in [-0.4, -0.2) is 72.3 Å². The number of fused-ring (bicyclic) bond motifs is 1. The number of halogens is 3. The number of benzene rings is 2. The molecule has 15 heteroatoms. The lowest BCUT2D eigenvalue weighted by Crippen LogP contribution is -2.49. The minimum absolute atomic E-state index is 0.0647. The van der Waals surface area contributed by atoms with E-state index in [4.69, 9.17) is 17.2 Å². The lowest BCUT2D eigenvalue weighted by molar-refractivity contribution is -0.137. The Labute approximate surface area is 245 Å². The molecule has 0 radical (unpaired) electrons. The van der Waals surface area contributed by atoms with Crippen molar-refractivity contribution in [1.29, 1.82) is 0 Å². The highest BCUT2D eigenvalue weighted by Crippen LogP contribution is 2.30. The van der Waals surface area contributed by atoms with Crippen LogP contribution < -0.4 is 33.2 Å². The predicted molar refractivity (Wildman–Crippen MR) is 153 cm³/mol. The molecule has 4 amide bonds. The molecule has 0 aliphatic carbocycles. The third kappa shape index (κ3) is 9.46. The van der Waals surface area contributed by atoms with Gasteiger partial charge in [0.1, 0.15) is 6.04 Å². The number of nitrogens with two attached hydrogens (primary N) is 3. The molecule has 0 saturated heterocycles. The lowest BCUT2D eigenvalue weighted by atomic mass is 10.0. The Morgan fingerprint density at radius 1 is 0.930 bits per heavy atom. The van der Waals surface area contributed by atoms with Crippen LogP contribution in [0.2, 0.25) is 0 Å². The molecular formula is C28H33F3N8O4. The van der Waals surface area contributed by atoms with Gasteiger partial charge in [0.05, 0.1) is 30.1 Å². The van der Waals surface area contributed by atoms with Crippen molar-refractivity contribution in [2.24, 2.45) is 17.2 Å². The highest BCUT2D eigenvalue weighted by atomic mass is 19.4. The van der Waals surface area contributed by atoms with Crippen LogP contribution in [0.3, 0.4) is 0 Å². The first kappa shape index (κ1) is 32.9. The second kappa shape index (κ2) is 15.0. The summed E-state index contributed by atoms with van der Waals surface area (Å²) in [5.74, 6) is -2.82. The summed E-state index contributed by atoms with van der Waals surface area (Å²) in [7, 11) is 0. The Morgan fingerprint density at radius 2 is 1.60 bits per heavy atom. The highest BCUT2D eigenvalue weighted by molar-refractivity contribution is 6.00. The number of nitrogens with zero attached hydrogens (tertiary/aromatic N) is 2. The second-order valence-corrected chi connectivity index (χ2v) is 9.51. The van der Waals surface area contributed by atoms with E-state index in [1.54, 1.807) is 36.5 Å². The van der Waals surface area contributed by atoms with Gasteiger partial charge >= 0.3 is 6.18 Å². The summed E-state index contributed by atoms with van der Waals surface area (Å²) in [6.07, 6.45) is -3.35. The highest BCUT2D eigenvalue weighted by Gasteiger charge is 2.31. The molecule has 0 fully saturated rings. The molecule has 0 bridgehead atoms. The molecule has 2 aromatic carbocycles. The number of carbonyl (C=O) groups is 4. The number of anilines is 1. The molecule has 3 rings (SSSR count). The van der Waals surface area contributed by atoms with Gasteiger partial charge in [0.25, 0.3) is 5.91 Å². The van der Waals surface area contributed by atoms with Crippen molar-refractivity contribution < 1.29 is 32.3 Å². The van der Waals surface area contributed by atoms with E-state index in [1.807, 2.05) is 0 Å². The Kier molecular flexibility index (Phi) is 11.5. The maximum absolute atomic E-state index is 13.3. The van der Waals surface area contributed by atoms with Gasteiger partial charge in [0, 0.05) is 43.4 Å². The van der Waals surface area contributed by atoms with Crippen molar-refractivity contribution in [2.45, 2.75) is 24.7 Å². The standard InChI is InChI=1S/C28H33F3N8O4/c29-28(30,31)19-5-3-17(4-6-19)25(27(43)37-20-7-8-22-18(14-20)2-1-11-35-22)38-23(40)16-36-26(42)21(34)15-24(41)39(12-9-32)13-10-33/h1-8,11,14,21,25H,9-10,12-13,15-16,32-34H2,(H,36,42)(H,37,43)(H,38,40)/t21-,25?/m0/s1. The number of hydrogen-bond acceptors (Lipinski definition) is 8. The van der Waals surface area contributed by atoms with Gasteiger partial charge in [-0.25, -0.2) is 0 Å². The Hall–Kier alpha value is -4.60. The first-order valence-corrected chi connectivity index (χ1v) is 13.3. The van der Waals surface area contributed by atoms with E-state index in [1.165, 1.54) is 4.90 Å². The predicted octanol–water partition coefficient (Wildman–Crippen LogP) is 0.629. The molecule has 0 aliphatic heterocycles. The van der Waals surface area contributed by atoms with E-state index >= 15 is 0 Å². The van der Waals surface area contributed by atoms with Gasteiger partial charge in [0.2, 0.25) is 17.7 Å². The number of alkyl halides is 3. The molecule has 12 nitrogen and oxygen atoms in total. The van der Waals surface area contributed by atoms with Crippen molar-refractivity contribution in [3.63, 3.8) is 0 Å². The second-order valence-electron chi connectivity index (χ2n) is 9.51. The van der Waals surface area contributed by atoms with Crippen LogP contribution in [0, 0.1) is 0 Å². The van der Waals surface area contributed by atoms with Gasteiger partial charge in [-0.05, 0) is 42.0 Å². The molecule has 43 heavy (non-hydrogen) atoms. The summed E-state index contributed by atoms with van der Waals surface area (Å²) in [6, 6.07) is 9.43. The van der Waals surface area contributed by atoms with Crippen LogP contribution in [-0.2, 0) is 25.4 Å². The van der Waals surface area contributed by atoms with Crippen LogP contribution >= 0.6 is 0 Å². The van der Waals surface area contributed by atoms with Crippen LogP contribution in [0.4, 0.5) is 18.9 Å². The zero-order chi connectivity index (χ0) is 31.6. The number of carbonyl (C=O) groups excluding carboxylic acids is 4. The molecular weight excluding hydrogens is 569 g/mol. The molecule has 0 spiro atoms. The Bertz CT molecular complexity index is 1430. The molecule has 0 aliphatic rings. The fourth-order valence-corrected chi connectivity index (χ4v) is 4.13. The van der Waals surface area contributed by atoms with Gasteiger partial charge in [-0.2, -0.15) is 13.2 Å². The molecule has 3 aromatic rings.